The van der Waals surface area contributed by atoms with Gasteiger partial charge in [0.05, 0.1) is 18.8 Å². The van der Waals surface area contributed by atoms with Gasteiger partial charge in [-0.1, -0.05) is 51.1 Å². The van der Waals surface area contributed by atoms with Crippen molar-refractivity contribution in [3.63, 3.8) is 0 Å². The number of aromatic nitrogens is 1. The molecule has 3 rings (SSSR count). The molecule has 160 valence electrons. The number of nitrogens with zero attached hydrogens (tertiary/aromatic N) is 3. The highest BCUT2D eigenvalue weighted by atomic mass is 127. The molecule has 7 heteroatoms. The number of rotatable bonds is 6. The topological polar surface area (TPSA) is 65.7 Å². The van der Waals surface area contributed by atoms with Crippen molar-refractivity contribution in [3.8, 4) is 0 Å². The summed E-state index contributed by atoms with van der Waals surface area (Å²) in [7, 11) is 1.79. The molecule has 1 aromatic carbocycles. The first kappa shape index (κ1) is 23.7. The van der Waals surface area contributed by atoms with Crippen LogP contribution in [0.15, 0.2) is 45.9 Å². The molecule has 1 unspecified atom stereocenters. The Bertz CT molecular complexity index is 763. The van der Waals surface area contributed by atoms with Gasteiger partial charge in [-0.3, -0.25) is 9.89 Å². The Balaban J connectivity index is 0.00000300. The fourth-order valence-electron chi connectivity index (χ4n) is 3.50. The van der Waals surface area contributed by atoms with Gasteiger partial charge < -0.3 is 15.1 Å². The summed E-state index contributed by atoms with van der Waals surface area (Å²) in [6, 6.07) is 11.1. The molecule has 1 aromatic heterocycles. The van der Waals surface area contributed by atoms with Crippen LogP contribution in [0.3, 0.4) is 0 Å². The Morgan fingerprint density at radius 2 is 1.86 bits per heavy atom. The van der Waals surface area contributed by atoms with E-state index < -0.39 is 0 Å². The van der Waals surface area contributed by atoms with Crippen molar-refractivity contribution >= 4 is 29.9 Å². The summed E-state index contributed by atoms with van der Waals surface area (Å²) in [5.41, 5.74) is 1.30. The van der Waals surface area contributed by atoms with Gasteiger partial charge in [-0.15, -0.1) is 24.0 Å². The predicted molar refractivity (Wildman–Crippen MR) is 129 cm³/mol. The molecule has 1 fully saturated rings. The number of guanidine groups is 1. The minimum atomic E-state index is -0.0379. The fraction of sp³-hybridized carbons (Fsp3) is 0.545. The third-order valence-corrected chi connectivity index (χ3v) is 5.15. The Kier molecular flexibility index (Phi) is 8.95. The summed E-state index contributed by atoms with van der Waals surface area (Å²) in [6.45, 7) is 9.98. The lowest BCUT2D eigenvalue weighted by molar-refractivity contribution is 0.245. The van der Waals surface area contributed by atoms with Crippen LogP contribution in [-0.4, -0.2) is 42.5 Å². The van der Waals surface area contributed by atoms with Crippen LogP contribution in [0, 0.1) is 0 Å². The summed E-state index contributed by atoms with van der Waals surface area (Å²) < 4.78 is 5.85. The average molecular weight is 511 g/mol. The molecule has 0 spiro atoms. The summed E-state index contributed by atoms with van der Waals surface area (Å²) >= 11 is 0. The number of benzene rings is 1. The van der Waals surface area contributed by atoms with Crippen LogP contribution < -0.4 is 10.6 Å². The maximum Gasteiger partial charge on any atom is 0.213 e. The zero-order chi connectivity index (χ0) is 20.0. The molecule has 29 heavy (non-hydrogen) atoms. The lowest BCUT2D eigenvalue weighted by Gasteiger charge is -2.28. The SMILES string of the molecule is CN=C(NCc1ncc(C(C)(C)C)o1)NCC(c1ccccc1)N1CCCC1.I. The molecule has 0 saturated carbocycles. The number of likely N-dealkylation sites (tertiary alicyclic amines) is 1. The second-order valence-corrected chi connectivity index (χ2v) is 8.34. The van der Waals surface area contributed by atoms with Crippen molar-refractivity contribution in [1.82, 2.24) is 20.5 Å². The Morgan fingerprint density at radius 3 is 2.45 bits per heavy atom. The largest absolute Gasteiger partial charge is 0.443 e. The van der Waals surface area contributed by atoms with E-state index in [1.165, 1.54) is 18.4 Å². The lowest BCUT2D eigenvalue weighted by Crippen LogP contribution is -2.42. The van der Waals surface area contributed by atoms with Gasteiger partial charge in [0.25, 0.3) is 0 Å². The van der Waals surface area contributed by atoms with Gasteiger partial charge in [-0.05, 0) is 31.5 Å². The van der Waals surface area contributed by atoms with Gasteiger partial charge in [0.15, 0.2) is 5.96 Å². The lowest BCUT2D eigenvalue weighted by atomic mass is 9.94. The van der Waals surface area contributed by atoms with Gasteiger partial charge in [0, 0.05) is 19.0 Å². The van der Waals surface area contributed by atoms with Crippen molar-refractivity contribution in [2.75, 3.05) is 26.7 Å². The second kappa shape index (κ2) is 11.0. The third kappa shape index (κ3) is 6.70. The van der Waals surface area contributed by atoms with Gasteiger partial charge in [-0.25, -0.2) is 4.98 Å². The maximum absolute atomic E-state index is 5.85. The standard InChI is InChI=1S/C22H33N5O.HI/c1-22(2,3)19-15-24-20(28-19)16-26-21(23-4)25-14-18(27-12-8-9-13-27)17-10-6-5-7-11-17;/h5-7,10-11,15,18H,8-9,12-14,16H2,1-4H3,(H2,23,25,26);1H. The molecule has 2 heterocycles. The van der Waals surface area contributed by atoms with Crippen LogP contribution in [0.4, 0.5) is 0 Å². The molecule has 0 aliphatic carbocycles. The molecule has 2 aromatic rings. The van der Waals surface area contributed by atoms with Crippen LogP contribution in [0.5, 0.6) is 0 Å². The molecular formula is C22H34IN5O. The van der Waals surface area contributed by atoms with E-state index in [1.807, 2.05) is 6.20 Å². The molecule has 2 N–H and O–H groups in total. The molecule has 0 bridgehead atoms. The highest BCUT2D eigenvalue weighted by Crippen LogP contribution is 2.24. The zero-order valence-electron chi connectivity index (χ0n) is 17.9. The molecule has 1 aliphatic rings. The number of nitrogens with one attached hydrogen (secondary N) is 2. The van der Waals surface area contributed by atoms with Crippen molar-refractivity contribution < 1.29 is 4.42 Å². The number of oxazole rings is 1. The van der Waals surface area contributed by atoms with E-state index in [0.717, 1.165) is 31.4 Å². The number of hydrogen-bond acceptors (Lipinski definition) is 4. The average Bonchev–Trinajstić information content (AvgIpc) is 3.37. The van der Waals surface area contributed by atoms with E-state index in [9.17, 15) is 0 Å². The molecule has 6 nitrogen and oxygen atoms in total. The maximum atomic E-state index is 5.85. The predicted octanol–water partition coefficient (Wildman–Crippen LogP) is 4.09. The molecular weight excluding hydrogens is 477 g/mol. The monoisotopic (exact) mass is 511 g/mol. The minimum Gasteiger partial charge on any atom is -0.443 e. The molecule has 1 saturated heterocycles. The number of hydrogen-bond donors (Lipinski definition) is 2. The van der Waals surface area contributed by atoms with Gasteiger partial charge >= 0.3 is 0 Å². The van der Waals surface area contributed by atoms with Crippen LogP contribution >= 0.6 is 24.0 Å². The minimum absolute atomic E-state index is 0. The first-order valence-electron chi connectivity index (χ1n) is 10.2. The highest BCUT2D eigenvalue weighted by molar-refractivity contribution is 14.0. The van der Waals surface area contributed by atoms with Crippen molar-refractivity contribution in [2.45, 2.75) is 51.6 Å². The van der Waals surface area contributed by atoms with E-state index in [-0.39, 0.29) is 29.4 Å². The summed E-state index contributed by atoms with van der Waals surface area (Å²) in [4.78, 5) is 11.3. The summed E-state index contributed by atoms with van der Waals surface area (Å²) in [5.74, 6) is 2.33. The number of halogens is 1. The molecule has 1 atom stereocenters. The van der Waals surface area contributed by atoms with E-state index in [2.05, 4.69) is 76.6 Å². The number of aliphatic imine (C=N–C) groups is 1. The van der Waals surface area contributed by atoms with E-state index in [4.69, 9.17) is 4.42 Å². The van der Waals surface area contributed by atoms with E-state index >= 15 is 0 Å². The van der Waals surface area contributed by atoms with Gasteiger partial charge in [-0.2, -0.15) is 0 Å². The van der Waals surface area contributed by atoms with Crippen LogP contribution in [0.1, 0.15) is 56.9 Å². The van der Waals surface area contributed by atoms with E-state index in [1.54, 1.807) is 7.05 Å². The van der Waals surface area contributed by atoms with Gasteiger partial charge in [0.2, 0.25) is 5.89 Å². The third-order valence-electron chi connectivity index (χ3n) is 5.15. The molecule has 0 amide bonds. The zero-order valence-corrected chi connectivity index (χ0v) is 20.3. The first-order valence-corrected chi connectivity index (χ1v) is 10.2. The van der Waals surface area contributed by atoms with Crippen molar-refractivity contribution in [2.24, 2.45) is 4.99 Å². The van der Waals surface area contributed by atoms with Crippen LogP contribution in [0.2, 0.25) is 0 Å². The van der Waals surface area contributed by atoms with Crippen molar-refractivity contribution in [3.05, 3.63) is 53.7 Å². The second-order valence-electron chi connectivity index (χ2n) is 8.34. The Morgan fingerprint density at radius 1 is 1.17 bits per heavy atom. The molecule has 1 aliphatic heterocycles. The summed E-state index contributed by atoms with van der Waals surface area (Å²) in [5, 5.41) is 6.79. The van der Waals surface area contributed by atoms with Crippen LogP contribution in [-0.2, 0) is 12.0 Å². The quantitative estimate of drug-likeness (QED) is 0.348. The van der Waals surface area contributed by atoms with Crippen LogP contribution in [0.25, 0.3) is 0 Å². The fourth-order valence-corrected chi connectivity index (χ4v) is 3.50. The summed E-state index contributed by atoms with van der Waals surface area (Å²) in [6.07, 6.45) is 4.36. The highest BCUT2D eigenvalue weighted by Gasteiger charge is 2.23. The smallest absolute Gasteiger partial charge is 0.213 e. The van der Waals surface area contributed by atoms with Gasteiger partial charge in [0.1, 0.15) is 5.76 Å². The van der Waals surface area contributed by atoms with Crippen molar-refractivity contribution in [1.29, 1.82) is 0 Å². The first-order chi connectivity index (χ1) is 13.5. The van der Waals surface area contributed by atoms with E-state index in [0.29, 0.717) is 18.5 Å². The normalized spacial score (nSPS) is 16.3. The Hall–Kier alpha value is -1.61. The molecule has 0 radical (unpaired) electrons. The Labute approximate surface area is 191 Å².